The summed E-state index contributed by atoms with van der Waals surface area (Å²) in [6.07, 6.45) is 1.59. The molecule has 0 atom stereocenters. The number of pyridine rings is 1. The molecule has 21 heavy (non-hydrogen) atoms. The number of aromatic amines is 1. The first-order chi connectivity index (χ1) is 10.1. The molecule has 0 saturated heterocycles. The third-order valence-corrected chi connectivity index (χ3v) is 3.21. The summed E-state index contributed by atoms with van der Waals surface area (Å²) < 4.78 is 4.67. The summed E-state index contributed by atoms with van der Waals surface area (Å²) in [7, 11) is 2.99. The number of methoxy groups -OCH3 is 1. The molecule has 2 heterocycles. The fourth-order valence-electron chi connectivity index (χ4n) is 2.18. The van der Waals surface area contributed by atoms with E-state index < -0.39 is 5.97 Å². The van der Waals surface area contributed by atoms with Crippen LogP contribution in [0, 0.1) is 0 Å². The van der Waals surface area contributed by atoms with E-state index in [1.165, 1.54) is 7.11 Å². The van der Waals surface area contributed by atoms with Crippen LogP contribution in [0.25, 0.3) is 21.8 Å². The second kappa shape index (κ2) is 4.86. The molecule has 0 spiro atoms. The number of hydrogen-bond donors (Lipinski definition) is 2. The van der Waals surface area contributed by atoms with E-state index in [0.29, 0.717) is 27.9 Å². The number of ether oxygens (including phenoxy) is 1. The maximum atomic E-state index is 12.1. The molecule has 106 valence electrons. The Kier molecular flexibility index (Phi) is 3.02. The molecule has 0 aliphatic rings. The van der Waals surface area contributed by atoms with Crippen molar-refractivity contribution in [1.29, 1.82) is 0 Å². The molecule has 1 aromatic carbocycles. The highest BCUT2D eigenvalue weighted by molar-refractivity contribution is 6.05. The summed E-state index contributed by atoms with van der Waals surface area (Å²) >= 11 is 0. The normalized spacial score (nSPS) is 10.8. The topological polar surface area (TPSA) is 97.0 Å². The zero-order valence-corrected chi connectivity index (χ0v) is 11.4. The van der Waals surface area contributed by atoms with Gasteiger partial charge < -0.3 is 15.0 Å². The Hall–Kier alpha value is -2.96. The lowest BCUT2D eigenvalue weighted by Gasteiger charge is -2.06. The molecule has 0 saturated carbocycles. The minimum absolute atomic E-state index is 0.299. The van der Waals surface area contributed by atoms with Crippen LogP contribution in [-0.2, 0) is 4.74 Å². The lowest BCUT2D eigenvalue weighted by Crippen LogP contribution is -2.11. The number of anilines is 1. The van der Waals surface area contributed by atoms with Crippen LogP contribution in [0.3, 0.4) is 0 Å². The van der Waals surface area contributed by atoms with Gasteiger partial charge in [0.05, 0.1) is 12.7 Å². The second-order valence-electron chi connectivity index (χ2n) is 4.41. The molecular weight excluding hydrogens is 272 g/mol. The van der Waals surface area contributed by atoms with Gasteiger partial charge in [0, 0.05) is 29.5 Å². The summed E-state index contributed by atoms with van der Waals surface area (Å²) in [6.45, 7) is 0. The van der Waals surface area contributed by atoms with E-state index in [1.54, 1.807) is 31.4 Å². The predicted octanol–water partition coefficient (Wildman–Crippen LogP) is 1.30. The highest BCUT2D eigenvalue weighted by Crippen LogP contribution is 2.21. The number of H-pyrrole nitrogens is 1. The van der Waals surface area contributed by atoms with Crippen LogP contribution in [-0.4, -0.2) is 35.1 Å². The Morgan fingerprint density at radius 2 is 2.14 bits per heavy atom. The van der Waals surface area contributed by atoms with Crippen LogP contribution in [0.4, 0.5) is 5.95 Å². The van der Waals surface area contributed by atoms with Crippen molar-refractivity contribution in [1.82, 2.24) is 15.0 Å². The van der Waals surface area contributed by atoms with Crippen molar-refractivity contribution in [2.75, 3.05) is 19.5 Å². The minimum Gasteiger partial charge on any atom is -0.465 e. The zero-order chi connectivity index (χ0) is 15.0. The van der Waals surface area contributed by atoms with Crippen LogP contribution < -0.4 is 10.9 Å². The summed E-state index contributed by atoms with van der Waals surface area (Å²) in [6, 6.07) is 4.95. The third kappa shape index (κ3) is 2.08. The second-order valence-corrected chi connectivity index (χ2v) is 4.41. The first kappa shape index (κ1) is 13.0. The molecule has 3 aromatic rings. The van der Waals surface area contributed by atoms with Crippen molar-refractivity contribution in [3.63, 3.8) is 0 Å². The lowest BCUT2D eigenvalue weighted by molar-refractivity contribution is 0.0601. The fraction of sp³-hybridized carbons (Fsp3) is 0.143. The molecule has 2 aromatic heterocycles. The van der Waals surface area contributed by atoms with Gasteiger partial charge in [-0.3, -0.25) is 4.79 Å². The SMILES string of the molecule is CNc1ncc2c(n1)c(=O)[nH]c1cc(C(=O)OC)ccc12. The van der Waals surface area contributed by atoms with E-state index in [0.717, 1.165) is 5.39 Å². The van der Waals surface area contributed by atoms with Crippen molar-refractivity contribution >= 4 is 33.7 Å². The molecule has 0 bridgehead atoms. The van der Waals surface area contributed by atoms with Gasteiger partial charge >= 0.3 is 5.97 Å². The number of nitrogens with zero attached hydrogens (tertiary/aromatic N) is 2. The van der Waals surface area contributed by atoms with E-state index in [1.807, 2.05) is 0 Å². The summed E-state index contributed by atoms with van der Waals surface area (Å²) in [4.78, 5) is 34.7. The quantitative estimate of drug-likeness (QED) is 0.544. The third-order valence-electron chi connectivity index (χ3n) is 3.21. The van der Waals surface area contributed by atoms with E-state index in [2.05, 4.69) is 25.0 Å². The number of nitrogens with one attached hydrogen (secondary N) is 2. The maximum absolute atomic E-state index is 12.1. The van der Waals surface area contributed by atoms with Gasteiger partial charge in [-0.1, -0.05) is 6.07 Å². The van der Waals surface area contributed by atoms with Crippen molar-refractivity contribution in [2.24, 2.45) is 0 Å². The van der Waals surface area contributed by atoms with Crippen LogP contribution >= 0.6 is 0 Å². The molecule has 0 amide bonds. The first-order valence-electron chi connectivity index (χ1n) is 6.23. The fourth-order valence-corrected chi connectivity index (χ4v) is 2.18. The van der Waals surface area contributed by atoms with Gasteiger partial charge in [-0.05, 0) is 12.1 Å². The molecule has 7 heteroatoms. The van der Waals surface area contributed by atoms with E-state index in [-0.39, 0.29) is 5.56 Å². The number of carbonyl (C=O) groups excluding carboxylic acids is 1. The maximum Gasteiger partial charge on any atom is 0.337 e. The predicted molar refractivity (Wildman–Crippen MR) is 78.6 cm³/mol. The summed E-state index contributed by atoms with van der Waals surface area (Å²) in [5, 5.41) is 4.18. The van der Waals surface area contributed by atoms with Crippen molar-refractivity contribution in [3.05, 3.63) is 40.3 Å². The standard InChI is InChI=1S/C14H12N4O3/c1-15-14-16-6-9-8-4-3-7(13(20)21-2)5-10(8)17-12(19)11(9)18-14/h3-6H,1-2H3,(H,17,19)(H,15,16,18). The van der Waals surface area contributed by atoms with Crippen molar-refractivity contribution in [2.45, 2.75) is 0 Å². The molecule has 3 rings (SSSR count). The Morgan fingerprint density at radius 3 is 2.86 bits per heavy atom. The highest BCUT2D eigenvalue weighted by atomic mass is 16.5. The Bertz CT molecular complexity index is 917. The Balaban J connectivity index is 2.34. The zero-order valence-electron chi connectivity index (χ0n) is 11.4. The molecule has 0 fully saturated rings. The van der Waals surface area contributed by atoms with Crippen LogP contribution in [0.2, 0.25) is 0 Å². The molecular formula is C14H12N4O3. The Labute approximate surface area is 119 Å². The van der Waals surface area contributed by atoms with Gasteiger partial charge in [-0.2, -0.15) is 0 Å². The van der Waals surface area contributed by atoms with Crippen molar-refractivity contribution < 1.29 is 9.53 Å². The van der Waals surface area contributed by atoms with E-state index in [4.69, 9.17) is 0 Å². The highest BCUT2D eigenvalue weighted by Gasteiger charge is 2.11. The average Bonchev–Trinajstić information content (AvgIpc) is 2.53. The molecule has 2 N–H and O–H groups in total. The van der Waals surface area contributed by atoms with Gasteiger partial charge in [0.15, 0.2) is 0 Å². The Morgan fingerprint density at radius 1 is 1.33 bits per heavy atom. The summed E-state index contributed by atoms with van der Waals surface area (Å²) in [5.74, 6) is -0.0850. The van der Waals surface area contributed by atoms with E-state index in [9.17, 15) is 9.59 Å². The van der Waals surface area contributed by atoms with Gasteiger partial charge in [0.1, 0.15) is 5.52 Å². The van der Waals surface area contributed by atoms with Gasteiger partial charge in [-0.25, -0.2) is 14.8 Å². The van der Waals surface area contributed by atoms with Gasteiger partial charge in [0.2, 0.25) is 5.95 Å². The monoisotopic (exact) mass is 284 g/mol. The number of aromatic nitrogens is 3. The number of hydrogen-bond acceptors (Lipinski definition) is 6. The molecule has 0 aliphatic heterocycles. The number of benzene rings is 1. The van der Waals surface area contributed by atoms with Gasteiger partial charge in [0.25, 0.3) is 5.56 Å². The van der Waals surface area contributed by atoms with Crippen LogP contribution in [0.15, 0.2) is 29.2 Å². The van der Waals surface area contributed by atoms with Crippen LogP contribution in [0.5, 0.6) is 0 Å². The molecule has 0 aliphatic carbocycles. The average molecular weight is 284 g/mol. The number of fused-ring (bicyclic) bond motifs is 3. The van der Waals surface area contributed by atoms with Crippen molar-refractivity contribution in [3.8, 4) is 0 Å². The smallest absolute Gasteiger partial charge is 0.337 e. The van der Waals surface area contributed by atoms with Crippen LogP contribution in [0.1, 0.15) is 10.4 Å². The summed E-state index contributed by atoms with van der Waals surface area (Å²) in [5.41, 5.74) is 0.870. The largest absolute Gasteiger partial charge is 0.465 e. The van der Waals surface area contributed by atoms with Gasteiger partial charge in [-0.15, -0.1) is 0 Å². The molecule has 0 radical (unpaired) electrons. The number of rotatable bonds is 2. The minimum atomic E-state index is -0.459. The lowest BCUT2D eigenvalue weighted by atomic mass is 10.1. The van der Waals surface area contributed by atoms with E-state index >= 15 is 0 Å². The first-order valence-corrected chi connectivity index (χ1v) is 6.23. The molecule has 0 unspecified atom stereocenters. The number of esters is 1. The number of carbonyl (C=O) groups is 1. The molecule has 7 nitrogen and oxygen atoms in total.